The van der Waals surface area contributed by atoms with Crippen LogP contribution in [0.3, 0.4) is 0 Å². The number of fused-ring (bicyclic) bond motifs is 1. The van der Waals surface area contributed by atoms with Crippen molar-refractivity contribution in [3.8, 4) is 17.6 Å². The number of unbranched alkanes of at least 4 members (excludes halogenated alkanes) is 1. The molecule has 0 aliphatic carbocycles. The lowest BCUT2D eigenvalue weighted by Gasteiger charge is -2.39. The molecule has 0 aromatic heterocycles. The molecule has 5 rings (SSSR count). The molecule has 0 unspecified atom stereocenters. The van der Waals surface area contributed by atoms with Gasteiger partial charge in [-0.2, -0.15) is 5.26 Å². The summed E-state index contributed by atoms with van der Waals surface area (Å²) in [5.74, 6) is 1.27. The molecule has 7 heteroatoms. The lowest BCUT2D eigenvalue weighted by Crippen LogP contribution is -2.63. The zero-order valence-corrected chi connectivity index (χ0v) is 23.0. The highest BCUT2D eigenvalue weighted by Gasteiger charge is 2.40. The monoisotopic (exact) mass is 546 g/mol. The van der Waals surface area contributed by atoms with E-state index in [9.17, 15) is 9.59 Å². The van der Waals surface area contributed by atoms with Crippen LogP contribution in [-0.2, 0) is 22.6 Å². The summed E-state index contributed by atoms with van der Waals surface area (Å²) >= 11 is 0. The predicted molar refractivity (Wildman–Crippen MR) is 159 cm³/mol. The molecule has 1 heterocycles. The average molecular weight is 547 g/mol. The number of benzene rings is 4. The summed E-state index contributed by atoms with van der Waals surface area (Å²) in [6.07, 6.45) is 2.57. The third kappa shape index (κ3) is 7.30. The fraction of sp³-hybridized carbons (Fsp3) is 0.265. The van der Waals surface area contributed by atoms with Gasteiger partial charge < -0.3 is 20.3 Å². The quantitative estimate of drug-likeness (QED) is 0.184. The lowest BCUT2D eigenvalue weighted by molar-refractivity contribution is -0.150. The summed E-state index contributed by atoms with van der Waals surface area (Å²) in [7, 11) is 0. The van der Waals surface area contributed by atoms with Crippen LogP contribution in [0, 0.1) is 11.3 Å². The number of carbonyl (C=O) groups is 2. The van der Waals surface area contributed by atoms with E-state index in [-0.39, 0.29) is 11.8 Å². The number of amides is 2. The van der Waals surface area contributed by atoms with Gasteiger partial charge in [0.15, 0.2) is 0 Å². The van der Waals surface area contributed by atoms with Gasteiger partial charge in [0.2, 0.25) is 11.8 Å². The molecule has 2 N–H and O–H groups in total. The van der Waals surface area contributed by atoms with Crippen molar-refractivity contribution in [2.24, 2.45) is 0 Å². The lowest BCUT2D eigenvalue weighted by atomic mass is 9.96. The van der Waals surface area contributed by atoms with E-state index in [0.717, 1.165) is 40.5 Å². The van der Waals surface area contributed by atoms with Crippen molar-refractivity contribution < 1.29 is 14.3 Å². The van der Waals surface area contributed by atoms with Crippen LogP contribution in [0.2, 0.25) is 0 Å². The van der Waals surface area contributed by atoms with Crippen molar-refractivity contribution >= 4 is 22.6 Å². The Bertz CT molecular complexity index is 1510. The molecule has 0 bridgehead atoms. The van der Waals surface area contributed by atoms with Crippen molar-refractivity contribution in [3.63, 3.8) is 0 Å². The van der Waals surface area contributed by atoms with E-state index in [1.807, 2.05) is 72.8 Å². The van der Waals surface area contributed by atoms with Crippen LogP contribution in [-0.4, -0.2) is 41.9 Å². The number of rotatable bonds is 12. The highest BCUT2D eigenvalue weighted by Crippen LogP contribution is 2.25. The van der Waals surface area contributed by atoms with Crippen LogP contribution in [0.15, 0.2) is 97.1 Å². The minimum absolute atomic E-state index is 0.0741. The van der Waals surface area contributed by atoms with Crippen LogP contribution < -0.4 is 15.4 Å². The molecule has 1 saturated heterocycles. The molecule has 4 aromatic carbocycles. The molecule has 1 aliphatic rings. The van der Waals surface area contributed by atoms with Gasteiger partial charge in [0.1, 0.15) is 23.6 Å². The summed E-state index contributed by atoms with van der Waals surface area (Å²) in [6, 6.07) is 32.4. The Kier molecular flexibility index (Phi) is 9.25. The maximum absolute atomic E-state index is 13.9. The third-order valence-corrected chi connectivity index (χ3v) is 7.37. The van der Waals surface area contributed by atoms with Gasteiger partial charge in [-0.05, 0) is 72.0 Å². The summed E-state index contributed by atoms with van der Waals surface area (Å²) in [5.41, 5.74) is 1.94. The van der Waals surface area contributed by atoms with Gasteiger partial charge in [-0.15, -0.1) is 0 Å². The molecule has 0 saturated carbocycles. The van der Waals surface area contributed by atoms with E-state index in [0.29, 0.717) is 38.2 Å². The van der Waals surface area contributed by atoms with Gasteiger partial charge in [-0.1, -0.05) is 72.8 Å². The number of para-hydroxylation sites is 1. The molecular weight excluding hydrogens is 512 g/mol. The molecule has 7 nitrogen and oxygen atoms in total. The van der Waals surface area contributed by atoms with E-state index in [2.05, 4.69) is 41.0 Å². The van der Waals surface area contributed by atoms with Gasteiger partial charge in [-0.25, -0.2) is 0 Å². The highest BCUT2D eigenvalue weighted by atomic mass is 16.5. The predicted octanol–water partition coefficient (Wildman–Crippen LogP) is 5.35. The molecule has 208 valence electrons. The minimum Gasteiger partial charge on any atom is -0.457 e. The van der Waals surface area contributed by atoms with Crippen LogP contribution in [0.4, 0.5) is 0 Å². The smallest absolute Gasteiger partial charge is 0.246 e. The van der Waals surface area contributed by atoms with Crippen molar-refractivity contribution in [1.29, 1.82) is 5.26 Å². The second-order valence-electron chi connectivity index (χ2n) is 10.3. The molecule has 2 atom stereocenters. The van der Waals surface area contributed by atoms with Gasteiger partial charge in [0.25, 0.3) is 0 Å². The Morgan fingerprint density at radius 3 is 2.32 bits per heavy atom. The molecule has 2 amide bonds. The molecule has 4 aromatic rings. The van der Waals surface area contributed by atoms with E-state index in [1.165, 1.54) is 0 Å². The number of ether oxygens (including phenoxy) is 1. The van der Waals surface area contributed by atoms with Gasteiger partial charge in [-0.3, -0.25) is 9.59 Å². The molecule has 1 fully saturated rings. The SMILES string of the molecule is N#CCNCCCC[C@H]1C(=O)N[C@@H](Cc2ccc3ccccc3c2)C(=O)N1Cc1ccc(Oc2ccccc2)cc1. The first-order chi connectivity index (χ1) is 20.1. The van der Waals surface area contributed by atoms with E-state index >= 15 is 0 Å². The summed E-state index contributed by atoms with van der Waals surface area (Å²) in [5, 5.41) is 17.0. The number of carbonyl (C=O) groups excluding carboxylic acids is 2. The van der Waals surface area contributed by atoms with Crippen LogP contribution in [0.25, 0.3) is 10.8 Å². The van der Waals surface area contributed by atoms with Crippen LogP contribution in [0.1, 0.15) is 30.4 Å². The molecule has 0 radical (unpaired) electrons. The first-order valence-corrected chi connectivity index (χ1v) is 14.1. The fourth-order valence-electron chi connectivity index (χ4n) is 5.26. The molecule has 0 spiro atoms. The topological polar surface area (TPSA) is 94.5 Å². The maximum Gasteiger partial charge on any atom is 0.246 e. The molecule has 41 heavy (non-hydrogen) atoms. The summed E-state index contributed by atoms with van der Waals surface area (Å²) in [4.78, 5) is 29.0. The number of nitriles is 1. The second kappa shape index (κ2) is 13.6. The Labute approximate surface area is 240 Å². The standard InChI is InChI=1S/C34H34N4O3/c35-19-21-36-20-7-6-12-32-33(39)37-31(23-26-13-16-27-8-4-5-9-28(27)22-26)34(40)38(32)24-25-14-17-30(18-15-25)41-29-10-2-1-3-11-29/h1-5,8-11,13-18,22,31-32,36H,6-7,12,20-21,23-24H2,(H,37,39)/t31-,32-/m0/s1. The second-order valence-corrected chi connectivity index (χ2v) is 10.3. The first-order valence-electron chi connectivity index (χ1n) is 14.1. The summed E-state index contributed by atoms with van der Waals surface area (Å²) < 4.78 is 5.92. The Balaban J connectivity index is 1.31. The average Bonchev–Trinajstić information content (AvgIpc) is 3.00. The third-order valence-electron chi connectivity index (χ3n) is 7.37. The largest absolute Gasteiger partial charge is 0.457 e. The van der Waals surface area contributed by atoms with Crippen LogP contribution in [0.5, 0.6) is 11.5 Å². The van der Waals surface area contributed by atoms with E-state index in [4.69, 9.17) is 10.00 Å². The Morgan fingerprint density at radius 1 is 0.829 bits per heavy atom. The van der Waals surface area contributed by atoms with Crippen molar-refractivity contribution in [3.05, 3.63) is 108 Å². The number of piperazine rings is 1. The first kappa shape index (κ1) is 27.9. The van der Waals surface area contributed by atoms with E-state index < -0.39 is 12.1 Å². The number of nitrogens with one attached hydrogen (secondary N) is 2. The number of hydrogen-bond acceptors (Lipinski definition) is 5. The highest BCUT2D eigenvalue weighted by molar-refractivity contribution is 5.97. The zero-order chi connectivity index (χ0) is 28.4. The normalized spacial score (nSPS) is 16.8. The van der Waals surface area contributed by atoms with Gasteiger partial charge in [0, 0.05) is 13.0 Å². The van der Waals surface area contributed by atoms with Gasteiger partial charge in [0.05, 0.1) is 12.6 Å². The fourth-order valence-corrected chi connectivity index (χ4v) is 5.26. The number of nitrogens with zero attached hydrogens (tertiary/aromatic N) is 2. The Morgan fingerprint density at radius 2 is 1.54 bits per heavy atom. The number of hydrogen-bond donors (Lipinski definition) is 2. The van der Waals surface area contributed by atoms with Crippen molar-refractivity contribution in [2.45, 2.75) is 44.3 Å². The van der Waals surface area contributed by atoms with Crippen LogP contribution >= 0.6 is 0 Å². The van der Waals surface area contributed by atoms with E-state index in [1.54, 1.807) is 4.90 Å². The van der Waals surface area contributed by atoms with Gasteiger partial charge >= 0.3 is 0 Å². The minimum atomic E-state index is -0.627. The summed E-state index contributed by atoms with van der Waals surface area (Å²) in [6.45, 7) is 1.34. The van der Waals surface area contributed by atoms with Crippen molar-refractivity contribution in [2.75, 3.05) is 13.1 Å². The molecule has 1 aliphatic heterocycles. The maximum atomic E-state index is 13.9. The zero-order valence-electron chi connectivity index (χ0n) is 23.0. The van der Waals surface area contributed by atoms with Crippen molar-refractivity contribution in [1.82, 2.24) is 15.5 Å². The molecular formula is C34H34N4O3. The Hall–Kier alpha value is -4.67.